The standard InChI is InChI=1S/C26H32N4O3/c1-16(2)14-23(32)26(33)27-18-10-12-30(13-11-18)25-19-9-8-17(3)15-21(19)28-24(29-25)20-6-4-5-7-22(20)31/h4-9,15-16,18,23,31-32H,10-14H2,1-3H3,(H,27,33). The normalized spacial score (nSPS) is 15.7. The highest BCUT2D eigenvalue weighted by Crippen LogP contribution is 2.33. The maximum absolute atomic E-state index is 12.3. The summed E-state index contributed by atoms with van der Waals surface area (Å²) in [5, 5.41) is 24.4. The van der Waals surface area contributed by atoms with Crippen LogP contribution in [0.2, 0.25) is 0 Å². The predicted octanol–water partition coefficient (Wildman–Crippen LogP) is 3.80. The molecule has 4 rings (SSSR count). The van der Waals surface area contributed by atoms with Gasteiger partial charge in [-0.15, -0.1) is 0 Å². The third-order valence-corrected chi connectivity index (χ3v) is 6.12. The van der Waals surface area contributed by atoms with Crippen molar-refractivity contribution in [1.82, 2.24) is 15.3 Å². The quantitative estimate of drug-likeness (QED) is 0.531. The van der Waals surface area contributed by atoms with Crippen molar-refractivity contribution >= 4 is 22.6 Å². The van der Waals surface area contributed by atoms with Gasteiger partial charge in [0.1, 0.15) is 17.7 Å². The van der Waals surface area contributed by atoms with Crippen LogP contribution in [-0.2, 0) is 4.79 Å². The Kier molecular flexibility index (Phi) is 6.79. The van der Waals surface area contributed by atoms with E-state index in [0.717, 1.165) is 48.2 Å². The number of aliphatic hydroxyl groups excluding tert-OH is 1. The lowest BCUT2D eigenvalue weighted by atomic mass is 10.0. The van der Waals surface area contributed by atoms with Gasteiger partial charge in [0.15, 0.2) is 5.82 Å². The van der Waals surface area contributed by atoms with Crippen molar-refractivity contribution < 1.29 is 15.0 Å². The Morgan fingerprint density at radius 1 is 1.15 bits per heavy atom. The van der Waals surface area contributed by atoms with Gasteiger partial charge in [-0.2, -0.15) is 0 Å². The van der Waals surface area contributed by atoms with E-state index in [9.17, 15) is 15.0 Å². The van der Waals surface area contributed by atoms with Crippen LogP contribution in [0.25, 0.3) is 22.3 Å². The van der Waals surface area contributed by atoms with Crippen molar-refractivity contribution in [3.05, 3.63) is 48.0 Å². The first kappa shape index (κ1) is 23.0. The van der Waals surface area contributed by atoms with E-state index in [1.54, 1.807) is 12.1 Å². The molecule has 174 valence electrons. The van der Waals surface area contributed by atoms with E-state index in [1.165, 1.54) is 0 Å². The second kappa shape index (κ2) is 9.75. The number of rotatable bonds is 6. The first-order valence-electron chi connectivity index (χ1n) is 11.6. The van der Waals surface area contributed by atoms with Crippen LogP contribution in [0.1, 0.15) is 38.7 Å². The van der Waals surface area contributed by atoms with E-state index >= 15 is 0 Å². The number of aliphatic hydroxyl groups is 1. The van der Waals surface area contributed by atoms with Crippen molar-refractivity contribution in [2.24, 2.45) is 5.92 Å². The first-order chi connectivity index (χ1) is 15.8. The Labute approximate surface area is 194 Å². The molecule has 2 aromatic carbocycles. The van der Waals surface area contributed by atoms with E-state index in [4.69, 9.17) is 9.97 Å². The van der Waals surface area contributed by atoms with Gasteiger partial charge >= 0.3 is 0 Å². The van der Waals surface area contributed by atoms with Gasteiger partial charge in [0.2, 0.25) is 5.91 Å². The number of aromatic hydroxyl groups is 1. The highest BCUT2D eigenvalue weighted by Gasteiger charge is 2.26. The molecule has 0 bridgehead atoms. The highest BCUT2D eigenvalue weighted by molar-refractivity contribution is 5.92. The highest BCUT2D eigenvalue weighted by atomic mass is 16.3. The van der Waals surface area contributed by atoms with Gasteiger partial charge in [0.05, 0.1) is 11.1 Å². The molecule has 1 aliphatic heterocycles. The van der Waals surface area contributed by atoms with Crippen LogP contribution in [0.3, 0.4) is 0 Å². The zero-order chi connectivity index (χ0) is 23.5. The number of phenols is 1. The van der Waals surface area contributed by atoms with Crippen LogP contribution < -0.4 is 10.2 Å². The Bertz CT molecular complexity index is 1140. The number of carbonyl (C=O) groups is 1. The van der Waals surface area contributed by atoms with Crippen LogP contribution in [0, 0.1) is 12.8 Å². The molecule has 0 spiro atoms. The number of nitrogens with one attached hydrogen (secondary N) is 1. The fraction of sp³-hybridized carbons (Fsp3) is 0.423. The molecule has 1 aliphatic rings. The van der Waals surface area contributed by atoms with Gasteiger partial charge < -0.3 is 20.4 Å². The lowest BCUT2D eigenvalue weighted by Crippen LogP contribution is -2.48. The second-order valence-electron chi connectivity index (χ2n) is 9.32. The molecule has 1 unspecified atom stereocenters. The molecule has 1 saturated heterocycles. The van der Waals surface area contributed by atoms with Crippen LogP contribution in [0.5, 0.6) is 5.75 Å². The van der Waals surface area contributed by atoms with Gasteiger partial charge in [-0.25, -0.2) is 9.97 Å². The van der Waals surface area contributed by atoms with Gasteiger partial charge in [0, 0.05) is 24.5 Å². The molecular weight excluding hydrogens is 416 g/mol. The maximum Gasteiger partial charge on any atom is 0.249 e. The van der Waals surface area contributed by atoms with Crippen LogP contribution in [-0.4, -0.2) is 51.3 Å². The van der Waals surface area contributed by atoms with Gasteiger partial charge in [0.25, 0.3) is 0 Å². The van der Waals surface area contributed by atoms with Gasteiger partial charge in [-0.3, -0.25) is 4.79 Å². The van der Waals surface area contributed by atoms with Crippen molar-refractivity contribution in [3.63, 3.8) is 0 Å². The van der Waals surface area contributed by atoms with Crippen molar-refractivity contribution in [3.8, 4) is 17.1 Å². The molecule has 3 N–H and O–H groups in total. The zero-order valence-electron chi connectivity index (χ0n) is 19.5. The molecule has 1 amide bonds. The number of benzene rings is 2. The molecule has 3 aromatic rings. The number of para-hydroxylation sites is 1. The first-order valence-corrected chi connectivity index (χ1v) is 11.6. The fourth-order valence-corrected chi connectivity index (χ4v) is 4.33. The number of aromatic nitrogens is 2. The number of phenolic OH excluding ortho intramolecular Hbond substituents is 1. The summed E-state index contributed by atoms with van der Waals surface area (Å²) >= 11 is 0. The summed E-state index contributed by atoms with van der Waals surface area (Å²) in [5.74, 6) is 1.46. The molecule has 0 radical (unpaired) electrons. The van der Waals surface area contributed by atoms with E-state index in [-0.39, 0.29) is 23.6 Å². The van der Waals surface area contributed by atoms with Gasteiger partial charge in [-0.05, 0) is 61.9 Å². The molecule has 7 heteroatoms. The summed E-state index contributed by atoms with van der Waals surface area (Å²) in [4.78, 5) is 24.1. The molecule has 1 atom stereocenters. The average Bonchev–Trinajstić information content (AvgIpc) is 2.78. The number of carbonyl (C=O) groups excluding carboxylic acids is 1. The number of hydrogen-bond acceptors (Lipinski definition) is 6. The molecule has 33 heavy (non-hydrogen) atoms. The third kappa shape index (κ3) is 5.25. The summed E-state index contributed by atoms with van der Waals surface area (Å²) in [7, 11) is 0. The molecule has 1 fully saturated rings. The Morgan fingerprint density at radius 2 is 1.88 bits per heavy atom. The topological polar surface area (TPSA) is 98.6 Å². The van der Waals surface area contributed by atoms with Gasteiger partial charge in [-0.1, -0.05) is 32.0 Å². The zero-order valence-corrected chi connectivity index (χ0v) is 19.5. The number of hydrogen-bond donors (Lipinski definition) is 3. The number of piperidine rings is 1. The summed E-state index contributed by atoms with van der Waals surface area (Å²) in [6.07, 6.45) is 1.04. The summed E-state index contributed by atoms with van der Waals surface area (Å²) in [5.41, 5.74) is 2.55. The number of anilines is 1. The SMILES string of the molecule is Cc1ccc2c(N3CCC(NC(=O)C(O)CC(C)C)CC3)nc(-c3ccccc3O)nc2c1. The molecule has 7 nitrogen and oxygen atoms in total. The lowest BCUT2D eigenvalue weighted by molar-refractivity contribution is -0.130. The molecule has 0 saturated carbocycles. The smallest absolute Gasteiger partial charge is 0.249 e. The largest absolute Gasteiger partial charge is 0.507 e. The molecule has 0 aliphatic carbocycles. The number of amides is 1. The third-order valence-electron chi connectivity index (χ3n) is 6.12. The lowest BCUT2D eigenvalue weighted by Gasteiger charge is -2.34. The molecule has 2 heterocycles. The average molecular weight is 449 g/mol. The Morgan fingerprint density at radius 3 is 2.58 bits per heavy atom. The minimum Gasteiger partial charge on any atom is -0.507 e. The predicted molar refractivity (Wildman–Crippen MR) is 130 cm³/mol. The summed E-state index contributed by atoms with van der Waals surface area (Å²) in [6.45, 7) is 7.47. The number of aryl methyl sites for hydroxylation is 1. The number of fused-ring (bicyclic) bond motifs is 1. The summed E-state index contributed by atoms with van der Waals surface area (Å²) < 4.78 is 0. The van der Waals surface area contributed by atoms with Crippen molar-refractivity contribution in [2.75, 3.05) is 18.0 Å². The Hall–Kier alpha value is -3.19. The van der Waals surface area contributed by atoms with Crippen LogP contribution in [0.4, 0.5) is 5.82 Å². The number of nitrogens with zero attached hydrogens (tertiary/aromatic N) is 3. The maximum atomic E-state index is 12.3. The second-order valence-corrected chi connectivity index (χ2v) is 9.32. The molecule has 1 aromatic heterocycles. The van der Waals surface area contributed by atoms with Crippen molar-refractivity contribution in [1.29, 1.82) is 0 Å². The van der Waals surface area contributed by atoms with Crippen LogP contribution in [0.15, 0.2) is 42.5 Å². The molecular formula is C26H32N4O3. The Balaban J connectivity index is 1.56. The monoisotopic (exact) mass is 448 g/mol. The van der Waals surface area contributed by atoms with E-state index in [0.29, 0.717) is 17.8 Å². The van der Waals surface area contributed by atoms with Crippen molar-refractivity contribution in [2.45, 2.75) is 52.2 Å². The van der Waals surface area contributed by atoms with E-state index in [2.05, 4.69) is 16.3 Å². The van der Waals surface area contributed by atoms with E-state index in [1.807, 2.05) is 45.0 Å². The minimum atomic E-state index is -0.960. The fourth-order valence-electron chi connectivity index (χ4n) is 4.33. The van der Waals surface area contributed by atoms with E-state index < -0.39 is 6.10 Å². The minimum absolute atomic E-state index is 0.0311. The summed E-state index contributed by atoms with van der Waals surface area (Å²) in [6, 6.07) is 13.3. The van der Waals surface area contributed by atoms with Crippen LogP contribution >= 0.6 is 0 Å².